The summed E-state index contributed by atoms with van der Waals surface area (Å²) in [5, 5.41) is 0. The van der Waals surface area contributed by atoms with Gasteiger partial charge in [0.2, 0.25) is 0 Å². The van der Waals surface area contributed by atoms with Crippen molar-refractivity contribution in [3.05, 3.63) is 48.2 Å². The van der Waals surface area contributed by atoms with E-state index in [1.54, 1.807) is 0 Å². The van der Waals surface area contributed by atoms with E-state index in [4.69, 9.17) is 9.72 Å². The van der Waals surface area contributed by atoms with Gasteiger partial charge in [0.1, 0.15) is 5.75 Å². The Bertz CT molecular complexity index is 789. The Labute approximate surface area is 222 Å². The molecule has 0 atom stereocenters. The molecule has 0 spiro atoms. The molecule has 1 aliphatic carbocycles. The van der Waals surface area contributed by atoms with Gasteiger partial charge in [-0.25, -0.2) is 0 Å². The Morgan fingerprint density at radius 1 is 0.667 bits per heavy atom. The molecule has 1 fully saturated rings. The van der Waals surface area contributed by atoms with Crippen LogP contribution >= 0.6 is 0 Å². The van der Waals surface area contributed by atoms with E-state index in [-0.39, 0.29) is 0 Å². The van der Waals surface area contributed by atoms with Crippen LogP contribution in [0.15, 0.2) is 42.6 Å². The van der Waals surface area contributed by atoms with Gasteiger partial charge >= 0.3 is 0 Å². The van der Waals surface area contributed by atoms with E-state index in [2.05, 4.69) is 56.4 Å². The molecule has 0 radical (unpaired) electrons. The van der Waals surface area contributed by atoms with Gasteiger partial charge in [-0.3, -0.25) is 4.98 Å². The molecule has 1 saturated carbocycles. The van der Waals surface area contributed by atoms with Gasteiger partial charge in [0.25, 0.3) is 0 Å². The zero-order valence-electron chi connectivity index (χ0n) is 23.5. The highest BCUT2D eigenvalue weighted by atomic mass is 16.5. The van der Waals surface area contributed by atoms with Crippen LogP contribution < -0.4 is 4.74 Å². The average molecular weight is 492 g/mol. The van der Waals surface area contributed by atoms with Crippen molar-refractivity contribution in [2.45, 2.75) is 129 Å². The first-order chi connectivity index (χ1) is 17.8. The third-order valence-corrected chi connectivity index (χ3v) is 8.26. The standard InChI is InChI=1S/C34H53NO/c1-3-5-7-9-11-13-27-36-33-24-22-32(23-25-33)34-26-21-31(28-35-34)20-19-30-17-15-29(16-18-30)14-12-10-8-6-4-2/h21-26,28-30H,3-20,27H2,1-2H3. The lowest BCUT2D eigenvalue weighted by atomic mass is 9.78. The Kier molecular flexibility index (Phi) is 14.0. The second-order valence-corrected chi connectivity index (χ2v) is 11.3. The maximum absolute atomic E-state index is 5.93. The van der Waals surface area contributed by atoms with Gasteiger partial charge in [0.05, 0.1) is 12.3 Å². The number of benzene rings is 1. The van der Waals surface area contributed by atoms with Gasteiger partial charge in [-0.2, -0.15) is 0 Å². The summed E-state index contributed by atoms with van der Waals surface area (Å²) in [7, 11) is 0. The molecule has 0 N–H and O–H groups in total. The fraction of sp³-hybridized carbons (Fsp3) is 0.676. The van der Waals surface area contributed by atoms with Gasteiger partial charge in [-0.05, 0) is 67.0 Å². The van der Waals surface area contributed by atoms with E-state index in [0.29, 0.717) is 0 Å². The Morgan fingerprint density at radius 3 is 1.92 bits per heavy atom. The molecule has 0 aliphatic heterocycles. The van der Waals surface area contributed by atoms with Crippen LogP contribution in [-0.2, 0) is 6.42 Å². The molecule has 2 nitrogen and oxygen atoms in total. The highest BCUT2D eigenvalue weighted by molar-refractivity contribution is 5.60. The van der Waals surface area contributed by atoms with E-state index < -0.39 is 0 Å². The maximum Gasteiger partial charge on any atom is 0.119 e. The summed E-state index contributed by atoms with van der Waals surface area (Å²) in [6.07, 6.45) is 26.8. The van der Waals surface area contributed by atoms with E-state index in [1.807, 2.05) is 0 Å². The van der Waals surface area contributed by atoms with Crippen molar-refractivity contribution < 1.29 is 4.74 Å². The average Bonchev–Trinajstić information content (AvgIpc) is 2.93. The number of aryl methyl sites for hydroxylation is 1. The van der Waals surface area contributed by atoms with Crippen LogP contribution in [0.25, 0.3) is 11.3 Å². The summed E-state index contributed by atoms with van der Waals surface area (Å²) in [5.41, 5.74) is 3.61. The molecule has 2 aromatic rings. The monoisotopic (exact) mass is 491 g/mol. The summed E-state index contributed by atoms with van der Waals surface area (Å²) in [5.74, 6) is 2.90. The van der Waals surface area contributed by atoms with Crippen molar-refractivity contribution in [2.24, 2.45) is 11.8 Å². The van der Waals surface area contributed by atoms with Crippen LogP contribution in [-0.4, -0.2) is 11.6 Å². The number of unbranched alkanes of at least 4 members (excludes halogenated alkanes) is 9. The van der Waals surface area contributed by atoms with Crippen LogP contribution in [0.3, 0.4) is 0 Å². The molecule has 2 heteroatoms. The maximum atomic E-state index is 5.93. The summed E-state index contributed by atoms with van der Waals surface area (Å²) in [4.78, 5) is 4.78. The molecule has 0 bridgehead atoms. The van der Waals surface area contributed by atoms with E-state index in [0.717, 1.165) is 36.3 Å². The fourth-order valence-electron chi connectivity index (χ4n) is 5.75. The molecule has 200 valence electrons. The van der Waals surface area contributed by atoms with Gasteiger partial charge in [-0.1, -0.05) is 116 Å². The smallest absolute Gasteiger partial charge is 0.119 e. The van der Waals surface area contributed by atoms with Crippen molar-refractivity contribution in [1.82, 2.24) is 4.98 Å². The second kappa shape index (κ2) is 17.6. The number of aromatic nitrogens is 1. The largest absolute Gasteiger partial charge is 0.494 e. The lowest BCUT2D eigenvalue weighted by molar-refractivity contribution is 0.248. The topological polar surface area (TPSA) is 22.1 Å². The number of pyridine rings is 1. The third-order valence-electron chi connectivity index (χ3n) is 8.26. The fourth-order valence-corrected chi connectivity index (χ4v) is 5.75. The minimum Gasteiger partial charge on any atom is -0.494 e. The predicted octanol–water partition coefficient (Wildman–Crippen LogP) is 10.6. The summed E-state index contributed by atoms with van der Waals surface area (Å²) in [6.45, 7) is 5.39. The van der Waals surface area contributed by atoms with Crippen molar-refractivity contribution in [2.75, 3.05) is 6.61 Å². The van der Waals surface area contributed by atoms with Crippen LogP contribution in [0.2, 0.25) is 0 Å². The summed E-state index contributed by atoms with van der Waals surface area (Å²) in [6, 6.07) is 12.9. The minimum atomic E-state index is 0.819. The van der Waals surface area contributed by atoms with E-state index in [9.17, 15) is 0 Å². The SMILES string of the molecule is CCCCCCCCOc1ccc(-c2ccc(CCC3CCC(CCCCCCC)CC3)cn2)cc1. The highest BCUT2D eigenvalue weighted by Gasteiger charge is 2.20. The Balaban J connectivity index is 1.31. The number of rotatable bonds is 18. The lowest BCUT2D eigenvalue weighted by Gasteiger charge is -2.28. The van der Waals surface area contributed by atoms with Crippen LogP contribution in [0.1, 0.15) is 129 Å². The van der Waals surface area contributed by atoms with Crippen LogP contribution in [0, 0.1) is 11.8 Å². The molecule has 36 heavy (non-hydrogen) atoms. The van der Waals surface area contributed by atoms with Crippen LogP contribution in [0.5, 0.6) is 5.75 Å². The Morgan fingerprint density at radius 2 is 1.28 bits per heavy atom. The normalized spacial score (nSPS) is 17.8. The molecule has 0 saturated heterocycles. The minimum absolute atomic E-state index is 0.819. The predicted molar refractivity (Wildman–Crippen MR) is 156 cm³/mol. The number of hydrogen-bond acceptors (Lipinski definition) is 2. The molecule has 3 rings (SSSR count). The summed E-state index contributed by atoms with van der Waals surface area (Å²) < 4.78 is 5.93. The molecule has 0 unspecified atom stereocenters. The van der Waals surface area contributed by atoms with Gasteiger partial charge in [0.15, 0.2) is 0 Å². The van der Waals surface area contributed by atoms with Crippen molar-refractivity contribution >= 4 is 0 Å². The second-order valence-electron chi connectivity index (χ2n) is 11.3. The van der Waals surface area contributed by atoms with Gasteiger partial charge in [-0.15, -0.1) is 0 Å². The number of hydrogen-bond donors (Lipinski definition) is 0. The summed E-state index contributed by atoms with van der Waals surface area (Å²) >= 11 is 0. The van der Waals surface area contributed by atoms with Gasteiger partial charge in [0, 0.05) is 11.8 Å². The first kappa shape index (κ1) is 28.7. The van der Waals surface area contributed by atoms with E-state index >= 15 is 0 Å². The molecule has 0 amide bonds. The zero-order valence-corrected chi connectivity index (χ0v) is 23.5. The molecule has 1 heterocycles. The van der Waals surface area contributed by atoms with Crippen LogP contribution in [0.4, 0.5) is 0 Å². The lowest BCUT2D eigenvalue weighted by Crippen LogP contribution is -2.15. The quantitative estimate of drug-likeness (QED) is 0.193. The van der Waals surface area contributed by atoms with Crippen molar-refractivity contribution in [3.8, 4) is 17.0 Å². The number of nitrogens with zero attached hydrogens (tertiary/aromatic N) is 1. The van der Waals surface area contributed by atoms with E-state index in [1.165, 1.54) is 120 Å². The van der Waals surface area contributed by atoms with Gasteiger partial charge < -0.3 is 4.74 Å². The first-order valence-corrected chi connectivity index (χ1v) is 15.5. The number of ether oxygens (including phenoxy) is 1. The highest BCUT2D eigenvalue weighted by Crippen LogP contribution is 2.34. The van der Waals surface area contributed by atoms with Crippen molar-refractivity contribution in [3.63, 3.8) is 0 Å². The molecule has 1 aromatic carbocycles. The molecule has 1 aromatic heterocycles. The molecule has 1 aliphatic rings. The zero-order chi connectivity index (χ0) is 25.3. The van der Waals surface area contributed by atoms with Crippen molar-refractivity contribution in [1.29, 1.82) is 0 Å². The Hall–Kier alpha value is -1.83. The third kappa shape index (κ3) is 11.1. The molecular formula is C34H53NO. The first-order valence-electron chi connectivity index (χ1n) is 15.5. The molecular weight excluding hydrogens is 438 g/mol.